The molecule has 444 valence electrons. The molecule has 0 fully saturated rings. The van der Waals surface area contributed by atoms with E-state index in [0.29, 0.717) is 6.42 Å². The fourth-order valence-corrected chi connectivity index (χ4v) is 11.1. The van der Waals surface area contributed by atoms with Crippen LogP contribution in [0.4, 0.5) is 0 Å². The standard InChI is InChI=1S/C71H137NO3/c1-3-5-7-9-11-13-15-17-19-21-23-25-27-29-30-31-32-33-34-35-36-37-38-39-40-41-42-43-45-47-49-51-53-55-57-59-61-63-65-67-71(75)72-69(68-73)70(74)66-64-62-60-58-56-54-52-50-48-46-44-28-26-24-22-20-18-16-14-12-10-8-6-4-2/h15,17,21,23,64,66,69-70,73-74H,3-14,16,18-20,22,24-63,65,67-68H2,1-2H3,(H,72,75)/b17-15-,23-21-,66-64+. The molecule has 2 unspecified atom stereocenters. The van der Waals surface area contributed by atoms with Gasteiger partial charge in [-0.15, -0.1) is 0 Å². The second kappa shape index (κ2) is 66.9. The first-order valence-corrected chi connectivity index (χ1v) is 34.7. The van der Waals surface area contributed by atoms with Crippen molar-refractivity contribution in [2.75, 3.05) is 6.61 Å². The highest BCUT2D eigenvalue weighted by molar-refractivity contribution is 5.76. The van der Waals surface area contributed by atoms with Crippen LogP contribution in [-0.2, 0) is 4.79 Å². The van der Waals surface area contributed by atoms with Crippen molar-refractivity contribution in [3.05, 3.63) is 36.5 Å². The molecule has 2 atom stereocenters. The largest absolute Gasteiger partial charge is 0.394 e. The van der Waals surface area contributed by atoms with Crippen molar-refractivity contribution in [1.29, 1.82) is 0 Å². The van der Waals surface area contributed by atoms with E-state index in [-0.39, 0.29) is 12.5 Å². The normalized spacial score (nSPS) is 12.9. The van der Waals surface area contributed by atoms with Crippen LogP contribution in [0.5, 0.6) is 0 Å². The Bertz CT molecular complexity index is 1150. The lowest BCUT2D eigenvalue weighted by molar-refractivity contribution is -0.123. The van der Waals surface area contributed by atoms with Crippen molar-refractivity contribution in [1.82, 2.24) is 5.32 Å². The summed E-state index contributed by atoms with van der Waals surface area (Å²) in [5.41, 5.74) is 0. The number of aliphatic hydroxyl groups is 2. The van der Waals surface area contributed by atoms with Crippen molar-refractivity contribution in [2.24, 2.45) is 0 Å². The topological polar surface area (TPSA) is 69.6 Å². The van der Waals surface area contributed by atoms with Crippen molar-refractivity contribution >= 4 is 5.91 Å². The van der Waals surface area contributed by atoms with E-state index in [9.17, 15) is 15.0 Å². The van der Waals surface area contributed by atoms with Crippen LogP contribution < -0.4 is 5.32 Å². The van der Waals surface area contributed by atoms with Gasteiger partial charge >= 0.3 is 0 Å². The van der Waals surface area contributed by atoms with Gasteiger partial charge in [0.05, 0.1) is 18.8 Å². The van der Waals surface area contributed by atoms with Crippen LogP contribution in [0, 0.1) is 0 Å². The molecule has 4 heteroatoms. The third kappa shape index (κ3) is 63.3. The summed E-state index contributed by atoms with van der Waals surface area (Å²) in [6, 6.07) is -0.621. The van der Waals surface area contributed by atoms with Gasteiger partial charge in [0.1, 0.15) is 0 Å². The summed E-state index contributed by atoms with van der Waals surface area (Å²) in [5, 5.41) is 23.3. The predicted molar refractivity (Wildman–Crippen MR) is 336 cm³/mol. The number of aliphatic hydroxyl groups excluding tert-OH is 2. The summed E-state index contributed by atoms with van der Waals surface area (Å²) in [7, 11) is 0. The van der Waals surface area contributed by atoms with E-state index >= 15 is 0 Å². The Morgan fingerprint density at radius 3 is 0.800 bits per heavy atom. The van der Waals surface area contributed by atoms with Crippen LogP contribution in [-0.4, -0.2) is 34.9 Å². The Morgan fingerprint density at radius 2 is 0.547 bits per heavy atom. The monoisotopic (exact) mass is 1050 g/mol. The van der Waals surface area contributed by atoms with Crippen LogP contribution in [0.3, 0.4) is 0 Å². The fraction of sp³-hybridized carbons (Fsp3) is 0.901. The molecule has 0 saturated carbocycles. The number of rotatable bonds is 65. The molecule has 0 radical (unpaired) electrons. The van der Waals surface area contributed by atoms with Gasteiger partial charge in [-0.25, -0.2) is 0 Å². The summed E-state index contributed by atoms with van der Waals surface area (Å²) in [4.78, 5) is 12.5. The van der Waals surface area contributed by atoms with Gasteiger partial charge in [-0.05, 0) is 51.4 Å². The number of allylic oxidation sites excluding steroid dienone is 5. The Balaban J connectivity index is 3.39. The van der Waals surface area contributed by atoms with Gasteiger partial charge < -0.3 is 15.5 Å². The Hall–Kier alpha value is -1.39. The second-order valence-electron chi connectivity index (χ2n) is 24.0. The Morgan fingerprint density at radius 1 is 0.320 bits per heavy atom. The minimum absolute atomic E-state index is 0.0550. The first-order valence-electron chi connectivity index (χ1n) is 34.7. The first-order chi connectivity index (χ1) is 37.2. The summed E-state index contributed by atoms with van der Waals surface area (Å²) in [6.07, 6.45) is 92.4. The summed E-state index contributed by atoms with van der Waals surface area (Å²) in [5.74, 6) is -0.0550. The molecule has 0 aromatic heterocycles. The number of amides is 1. The van der Waals surface area contributed by atoms with E-state index in [1.165, 1.54) is 340 Å². The number of hydrogen-bond donors (Lipinski definition) is 3. The van der Waals surface area contributed by atoms with Crippen molar-refractivity contribution in [3.8, 4) is 0 Å². The molecule has 75 heavy (non-hydrogen) atoms. The molecule has 4 nitrogen and oxygen atoms in total. The molecule has 0 aliphatic heterocycles. The van der Waals surface area contributed by atoms with E-state index in [4.69, 9.17) is 0 Å². The lowest BCUT2D eigenvalue weighted by Crippen LogP contribution is -2.45. The molecule has 0 heterocycles. The van der Waals surface area contributed by atoms with Crippen LogP contribution in [0.1, 0.15) is 393 Å². The molecule has 1 amide bonds. The molecule has 3 N–H and O–H groups in total. The maximum absolute atomic E-state index is 12.5. The SMILES string of the molecule is CCCCCCC/C=C\C/C=C\CCCCCCCCCCCCCCCCCCCCCCCCCCCCCC(=O)NC(CO)C(O)/C=C/CCCCCCCCCCCCCCCCCCCCCCCC. The van der Waals surface area contributed by atoms with Crippen molar-refractivity contribution < 1.29 is 15.0 Å². The van der Waals surface area contributed by atoms with Gasteiger partial charge in [0, 0.05) is 6.42 Å². The van der Waals surface area contributed by atoms with Crippen molar-refractivity contribution in [3.63, 3.8) is 0 Å². The fourth-order valence-electron chi connectivity index (χ4n) is 11.1. The molecular formula is C71H137NO3. The van der Waals surface area contributed by atoms with E-state index < -0.39 is 12.1 Å². The number of nitrogens with one attached hydrogen (secondary N) is 1. The average molecular weight is 1050 g/mol. The lowest BCUT2D eigenvalue weighted by atomic mass is 10.0. The Labute approximate surface area is 472 Å². The van der Waals surface area contributed by atoms with Gasteiger partial charge in [-0.3, -0.25) is 4.79 Å². The van der Waals surface area contributed by atoms with Gasteiger partial charge in [-0.2, -0.15) is 0 Å². The number of unbranched alkanes of at least 4 members (excludes halogenated alkanes) is 54. The van der Waals surface area contributed by atoms with Crippen LogP contribution in [0.2, 0.25) is 0 Å². The predicted octanol–water partition coefficient (Wildman–Crippen LogP) is 23.5. The van der Waals surface area contributed by atoms with E-state index in [1.807, 2.05) is 6.08 Å². The molecule has 0 spiro atoms. The van der Waals surface area contributed by atoms with Crippen LogP contribution in [0.15, 0.2) is 36.5 Å². The van der Waals surface area contributed by atoms with E-state index in [2.05, 4.69) is 43.5 Å². The van der Waals surface area contributed by atoms with Crippen LogP contribution in [0.25, 0.3) is 0 Å². The minimum Gasteiger partial charge on any atom is -0.394 e. The van der Waals surface area contributed by atoms with E-state index in [1.54, 1.807) is 6.08 Å². The molecule has 0 aliphatic rings. The van der Waals surface area contributed by atoms with Crippen LogP contribution >= 0.6 is 0 Å². The van der Waals surface area contributed by atoms with E-state index in [0.717, 1.165) is 32.1 Å². The number of hydrogen-bond acceptors (Lipinski definition) is 3. The molecule has 0 saturated heterocycles. The van der Waals surface area contributed by atoms with Gasteiger partial charge in [0.25, 0.3) is 0 Å². The zero-order chi connectivity index (χ0) is 54.1. The Kier molecular flexibility index (Phi) is 65.6. The highest BCUT2D eigenvalue weighted by Gasteiger charge is 2.18. The third-order valence-electron chi connectivity index (χ3n) is 16.4. The summed E-state index contributed by atoms with van der Waals surface area (Å²) in [6.45, 7) is 4.34. The lowest BCUT2D eigenvalue weighted by Gasteiger charge is -2.20. The zero-order valence-corrected chi connectivity index (χ0v) is 51.3. The molecular weight excluding hydrogens is 915 g/mol. The first kappa shape index (κ1) is 73.6. The van der Waals surface area contributed by atoms with Gasteiger partial charge in [-0.1, -0.05) is 371 Å². The third-order valence-corrected chi connectivity index (χ3v) is 16.4. The molecule has 0 rings (SSSR count). The second-order valence-corrected chi connectivity index (χ2v) is 24.0. The molecule has 0 aromatic rings. The minimum atomic E-state index is -0.838. The maximum atomic E-state index is 12.5. The summed E-state index contributed by atoms with van der Waals surface area (Å²) < 4.78 is 0. The smallest absolute Gasteiger partial charge is 0.220 e. The van der Waals surface area contributed by atoms with Gasteiger partial charge in [0.15, 0.2) is 0 Å². The molecule has 0 aromatic carbocycles. The van der Waals surface area contributed by atoms with Crippen molar-refractivity contribution in [2.45, 2.75) is 405 Å². The average Bonchev–Trinajstić information content (AvgIpc) is 3.41. The zero-order valence-electron chi connectivity index (χ0n) is 51.3. The summed E-state index contributed by atoms with van der Waals surface area (Å²) >= 11 is 0. The number of carbonyl (C=O) groups is 1. The highest BCUT2D eigenvalue weighted by Crippen LogP contribution is 2.19. The highest BCUT2D eigenvalue weighted by atomic mass is 16.3. The molecule has 0 bridgehead atoms. The number of carbonyl (C=O) groups excluding carboxylic acids is 1. The maximum Gasteiger partial charge on any atom is 0.220 e. The van der Waals surface area contributed by atoms with Gasteiger partial charge in [0.2, 0.25) is 5.91 Å². The molecule has 0 aliphatic carbocycles. The quantitative estimate of drug-likeness (QED) is 0.0420.